The van der Waals surface area contributed by atoms with Gasteiger partial charge in [0.1, 0.15) is 5.69 Å². The van der Waals surface area contributed by atoms with Crippen molar-refractivity contribution in [1.29, 1.82) is 0 Å². The van der Waals surface area contributed by atoms with Crippen LogP contribution in [0.1, 0.15) is 5.69 Å². The van der Waals surface area contributed by atoms with Crippen molar-refractivity contribution < 1.29 is 8.78 Å². The van der Waals surface area contributed by atoms with Gasteiger partial charge in [-0.1, -0.05) is 12.1 Å². The van der Waals surface area contributed by atoms with Crippen LogP contribution in [0.5, 0.6) is 0 Å². The fourth-order valence-electron chi connectivity index (χ4n) is 2.32. The molecule has 0 unspecified atom stereocenters. The molecule has 21 heavy (non-hydrogen) atoms. The van der Waals surface area contributed by atoms with Gasteiger partial charge in [0.25, 0.3) is 5.56 Å². The number of aryl methyl sites for hydroxylation is 2. The Labute approximate surface area is 119 Å². The van der Waals surface area contributed by atoms with Gasteiger partial charge in [0.05, 0.1) is 11.0 Å². The molecule has 0 radical (unpaired) electrons. The summed E-state index contributed by atoms with van der Waals surface area (Å²) in [5.74, 6) is -1.78. The summed E-state index contributed by atoms with van der Waals surface area (Å²) in [6, 6.07) is 9.00. The molecule has 106 valence electrons. The highest BCUT2D eigenvalue weighted by atomic mass is 19.2. The summed E-state index contributed by atoms with van der Waals surface area (Å²) in [7, 11) is 1.66. The van der Waals surface area contributed by atoms with Gasteiger partial charge >= 0.3 is 0 Å². The largest absolute Gasteiger partial charge is 0.308 e. The zero-order valence-corrected chi connectivity index (χ0v) is 11.5. The van der Waals surface area contributed by atoms with E-state index in [-0.39, 0.29) is 5.56 Å². The van der Waals surface area contributed by atoms with Crippen LogP contribution in [0.3, 0.4) is 0 Å². The van der Waals surface area contributed by atoms with Gasteiger partial charge in [-0.15, -0.1) is 0 Å². The standard InChI is InChI=1S/C16H12F2N2O/c1-9-16(21)20(2)15-8-11(4-6-14(15)19-9)10-3-5-12(17)13(18)7-10/h3-8H,1-2H3. The fraction of sp³-hybridized carbons (Fsp3) is 0.125. The lowest BCUT2D eigenvalue weighted by molar-refractivity contribution is 0.509. The number of halogens is 2. The van der Waals surface area contributed by atoms with Gasteiger partial charge in [0, 0.05) is 7.05 Å². The molecule has 0 aliphatic heterocycles. The van der Waals surface area contributed by atoms with Gasteiger partial charge in [0.2, 0.25) is 0 Å². The van der Waals surface area contributed by atoms with E-state index in [1.54, 1.807) is 32.2 Å². The second kappa shape index (κ2) is 4.77. The predicted octanol–water partition coefficient (Wildman–Crippen LogP) is 3.19. The van der Waals surface area contributed by atoms with E-state index in [0.29, 0.717) is 27.9 Å². The second-order valence-corrected chi connectivity index (χ2v) is 4.89. The van der Waals surface area contributed by atoms with Crippen LogP contribution >= 0.6 is 0 Å². The van der Waals surface area contributed by atoms with Crippen LogP contribution < -0.4 is 5.56 Å². The Balaban J connectivity index is 2.25. The van der Waals surface area contributed by atoms with Crippen molar-refractivity contribution in [3.05, 3.63) is 64.1 Å². The smallest absolute Gasteiger partial charge is 0.272 e. The molecule has 0 bridgehead atoms. The first-order valence-corrected chi connectivity index (χ1v) is 6.40. The average Bonchev–Trinajstić information content (AvgIpc) is 2.47. The van der Waals surface area contributed by atoms with E-state index in [1.165, 1.54) is 10.6 Å². The van der Waals surface area contributed by atoms with Gasteiger partial charge in [0.15, 0.2) is 11.6 Å². The first kappa shape index (κ1) is 13.4. The first-order valence-electron chi connectivity index (χ1n) is 6.40. The zero-order valence-electron chi connectivity index (χ0n) is 11.5. The van der Waals surface area contributed by atoms with Crippen LogP contribution in [0.4, 0.5) is 8.78 Å². The molecule has 0 aliphatic carbocycles. The first-order chi connectivity index (χ1) is 9.97. The topological polar surface area (TPSA) is 34.9 Å². The number of benzene rings is 2. The summed E-state index contributed by atoms with van der Waals surface area (Å²) in [6.45, 7) is 1.66. The van der Waals surface area contributed by atoms with Crippen molar-refractivity contribution in [2.45, 2.75) is 6.92 Å². The SMILES string of the molecule is Cc1nc2ccc(-c3ccc(F)c(F)c3)cc2n(C)c1=O. The van der Waals surface area contributed by atoms with E-state index in [1.807, 2.05) is 0 Å². The summed E-state index contributed by atoms with van der Waals surface area (Å²) in [4.78, 5) is 16.2. The Kier molecular flexibility index (Phi) is 3.05. The van der Waals surface area contributed by atoms with Crippen molar-refractivity contribution in [3.8, 4) is 11.1 Å². The average molecular weight is 286 g/mol. The van der Waals surface area contributed by atoms with Crippen LogP contribution in [0.2, 0.25) is 0 Å². The quantitative estimate of drug-likeness (QED) is 0.688. The second-order valence-electron chi connectivity index (χ2n) is 4.89. The number of hydrogen-bond acceptors (Lipinski definition) is 2. The molecule has 3 nitrogen and oxygen atoms in total. The van der Waals surface area contributed by atoms with Crippen LogP contribution in [0.15, 0.2) is 41.2 Å². The van der Waals surface area contributed by atoms with Gasteiger partial charge in [-0.2, -0.15) is 0 Å². The van der Waals surface area contributed by atoms with Gasteiger partial charge in [-0.3, -0.25) is 4.79 Å². The fourth-order valence-corrected chi connectivity index (χ4v) is 2.32. The monoisotopic (exact) mass is 286 g/mol. The van der Waals surface area contributed by atoms with E-state index >= 15 is 0 Å². The van der Waals surface area contributed by atoms with Crippen molar-refractivity contribution in [1.82, 2.24) is 9.55 Å². The third kappa shape index (κ3) is 2.20. The highest BCUT2D eigenvalue weighted by Gasteiger charge is 2.08. The molecule has 0 spiro atoms. The summed E-state index contributed by atoms with van der Waals surface area (Å²) in [5.41, 5.74) is 2.81. The van der Waals surface area contributed by atoms with Gasteiger partial charge in [-0.05, 0) is 42.3 Å². The van der Waals surface area contributed by atoms with Crippen LogP contribution in [-0.2, 0) is 7.05 Å². The minimum absolute atomic E-state index is 0.176. The molecule has 0 fully saturated rings. The molecule has 2 aromatic carbocycles. The number of aromatic nitrogens is 2. The molecule has 0 saturated heterocycles. The third-order valence-corrected chi connectivity index (χ3v) is 3.49. The van der Waals surface area contributed by atoms with E-state index in [4.69, 9.17) is 0 Å². The molecule has 0 amide bonds. The molecule has 0 N–H and O–H groups in total. The van der Waals surface area contributed by atoms with Crippen molar-refractivity contribution in [2.24, 2.45) is 7.05 Å². The van der Waals surface area contributed by atoms with E-state index in [9.17, 15) is 13.6 Å². The number of rotatable bonds is 1. The zero-order chi connectivity index (χ0) is 15.1. The molecular weight excluding hydrogens is 274 g/mol. The summed E-state index contributed by atoms with van der Waals surface area (Å²) in [6.07, 6.45) is 0. The molecule has 0 atom stereocenters. The number of nitrogens with zero attached hydrogens (tertiary/aromatic N) is 2. The summed E-state index contributed by atoms with van der Waals surface area (Å²) >= 11 is 0. The molecule has 0 saturated carbocycles. The number of hydrogen-bond donors (Lipinski definition) is 0. The molecule has 1 aromatic heterocycles. The van der Waals surface area contributed by atoms with Crippen LogP contribution in [0.25, 0.3) is 22.2 Å². The predicted molar refractivity (Wildman–Crippen MR) is 77.1 cm³/mol. The summed E-state index contributed by atoms with van der Waals surface area (Å²) in [5, 5.41) is 0. The minimum Gasteiger partial charge on any atom is -0.308 e. The lowest BCUT2D eigenvalue weighted by Gasteiger charge is -2.08. The van der Waals surface area contributed by atoms with Gasteiger partial charge in [-0.25, -0.2) is 13.8 Å². The molecule has 0 aliphatic rings. The maximum Gasteiger partial charge on any atom is 0.272 e. The van der Waals surface area contributed by atoms with Crippen molar-refractivity contribution in [2.75, 3.05) is 0 Å². The molecule has 5 heteroatoms. The molecular formula is C16H12F2N2O. The summed E-state index contributed by atoms with van der Waals surface area (Å²) < 4.78 is 27.8. The Morgan fingerprint density at radius 2 is 1.67 bits per heavy atom. The molecule has 3 rings (SSSR count). The van der Waals surface area contributed by atoms with Crippen LogP contribution in [0, 0.1) is 18.6 Å². The number of fused-ring (bicyclic) bond motifs is 1. The lowest BCUT2D eigenvalue weighted by atomic mass is 10.0. The Hall–Kier alpha value is -2.56. The normalized spacial score (nSPS) is 11.0. The minimum atomic E-state index is -0.900. The molecule has 3 aromatic rings. The van der Waals surface area contributed by atoms with Crippen molar-refractivity contribution in [3.63, 3.8) is 0 Å². The van der Waals surface area contributed by atoms with E-state index in [2.05, 4.69) is 4.98 Å². The Morgan fingerprint density at radius 1 is 1.00 bits per heavy atom. The molecule has 1 heterocycles. The van der Waals surface area contributed by atoms with Crippen LogP contribution in [-0.4, -0.2) is 9.55 Å². The lowest BCUT2D eigenvalue weighted by Crippen LogP contribution is -2.21. The Morgan fingerprint density at radius 3 is 2.38 bits per heavy atom. The van der Waals surface area contributed by atoms with E-state index < -0.39 is 11.6 Å². The third-order valence-electron chi connectivity index (χ3n) is 3.49. The maximum absolute atomic E-state index is 13.3. The Bertz CT molecular complexity index is 916. The highest BCUT2D eigenvalue weighted by Crippen LogP contribution is 2.24. The highest BCUT2D eigenvalue weighted by molar-refractivity contribution is 5.81. The van der Waals surface area contributed by atoms with Gasteiger partial charge < -0.3 is 4.57 Å². The van der Waals surface area contributed by atoms with E-state index in [0.717, 1.165) is 12.1 Å². The van der Waals surface area contributed by atoms with Crippen molar-refractivity contribution >= 4 is 11.0 Å². The maximum atomic E-state index is 13.3.